The zero-order valence-corrected chi connectivity index (χ0v) is 16.5. The number of fused-ring (bicyclic) bond motifs is 1. The Morgan fingerprint density at radius 3 is 2.20 bits per heavy atom. The largest absolute Gasteiger partial charge is 0.493 e. The van der Waals surface area contributed by atoms with Crippen LogP contribution in [0.2, 0.25) is 0 Å². The fourth-order valence-corrected chi connectivity index (χ4v) is 3.73. The second-order valence-electron chi connectivity index (χ2n) is 6.93. The smallest absolute Gasteiger partial charge is 0.203 e. The van der Waals surface area contributed by atoms with Gasteiger partial charge in [0.25, 0.3) is 0 Å². The lowest BCUT2D eigenvalue weighted by Crippen LogP contribution is -2.31. The van der Waals surface area contributed by atoms with Gasteiger partial charge in [0.15, 0.2) is 11.5 Å². The van der Waals surface area contributed by atoms with Crippen molar-refractivity contribution < 1.29 is 14.2 Å². The molecule has 0 spiro atoms. The Labute approximate surface area is 153 Å². The molecule has 0 saturated heterocycles. The molecule has 0 unspecified atom stereocenters. The van der Waals surface area contributed by atoms with Crippen LogP contribution >= 0.6 is 0 Å². The van der Waals surface area contributed by atoms with Crippen LogP contribution in [0.4, 0.5) is 0 Å². The van der Waals surface area contributed by atoms with Crippen molar-refractivity contribution in [1.82, 2.24) is 4.90 Å². The molecule has 1 aromatic rings. The number of benzene rings is 1. The van der Waals surface area contributed by atoms with E-state index < -0.39 is 0 Å². The summed E-state index contributed by atoms with van der Waals surface area (Å²) in [6, 6.07) is 2.11. The molecule has 1 aliphatic rings. The minimum atomic E-state index is 0.710. The van der Waals surface area contributed by atoms with Crippen molar-refractivity contribution in [3.05, 3.63) is 17.2 Å². The molecular weight excluding hydrogens is 314 g/mol. The number of methoxy groups -OCH3 is 3. The molecule has 0 radical (unpaired) electrons. The van der Waals surface area contributed by atoms with Crippen LogP contribution in [0, 0.1) is 0 Å². The van der Waals surface area contributed by atoms with Crippen molar-refractivity contribution in [3.8, 4) is 17.2 Å². The number of hydrogen-bond acceptors (Lipinski definition) is 4. The number of hydrogen-bond donors (Lipinski definition) is 0. The maximum Gasteiger partial charge on any atom is 0.203 e. The highest BCUT2D eigenvalue weighted by Gasteiger charge is 2.25. The summed E-state index contributed by atoms with van der Waals surface area (Å²) in [7, 11) is 5.07. The van der Waals surface area contributed by atoms with Gasteiger partial charge in [-0.15, -0.1) is 0 Å². The normalized spacial score (nSPS) is 14.2. The molecule has 1 aromatic carbocycles. The van der Waals surface area contributed by atoms with Crippen molar-refractivity contribution in [2.24, 2.45) is 0 Å². The number of ether oxygens (including phenoxy) is 3. The van der Waals surface area contributed by atoms with E-state index in [-0.39, 0.29) is 0 Å². The molecule has 0 amide bonds. The molecule has 1 heterocycles. The van der Waals surface area contributed by atoms with Gasteiger partial charge in [0.1, 0.15) is 0 Å². The minimum Gasteiger partial charge on any atom is -0.493 e. The van der Waals surface area contributed by atoms with Crippen LogP contribution in [0.3, 0.4) is 0 Å². The summed E-state index contributed by atoms with van der Waals surface area (Å²) in [6.07, 6.45) is 10.5. The molecule has 0 aromatic heterocycles. The fraction of sp³-hybridized carbons (Fsp3) is 0.714. The average molecular weight is 350 g/mol. The lowest BCUT2D eigenvalue weighted by molar-refractivity contribution is 0.239. The summed E-state index contributed by atoms with van der Waals surface area (Å²) in [5.41, 5.74) is 2.58. The second kappa shape index (κ2) is 10.5. The molecule has 0 saturated carbocycles. The van der Waals surface area contributed by atoms with Gasteiger partial charge in [-0.25, -0.2) is 0 Å². The van der Waals surface area contributed by atoms with E-state index in [1.54, 1.807) is 21.3 Å². The summed E-state index contributed by atoms with van der Waals surface area (Å²) in [5, 5.41) is 0. The quantitative estimate of drug-likeness (QED) is 0.536. The van der Waals surface area contributed by atoms with Crippen LogP contribution < -0.4 is 14.2 Å². The van der Waals surface area contributed by atoms with Crippen LogP contribution in [-0.4, -0.2) is 39.3 Å². The number of rotatable bonds is 11. The van der Waals surface area contributed by atoms with Gasteiger partial charge in [-0.2, -0.15) is 0 Å². The first-order valence-corrected chi connectivity index (χ1v) is 9.78. The maximum absolute atomic E-state index is 5.67. The third-order valence-electron chi connectivity index (χ3n) is 5.18. The summed E-state index contributed by atoms with van der Waals surface area (Å²) in [4.78, 5) is 2.54. The summed E-state index contributed by atoms with van der Waals surface area (Å²) in [5.74, 6) is 2.31. The van der Waals surface area contributed by atoms with Gasteiger partial charge >= 0.3 is 0 Å². The van der Waals surface area contributed by atoms with E-state index in [9.17, 15) is 0 Å². The molecule has 4 nitrogen and oxygen atoms in total. The van der Waals surface area contributed by atoms with Crippen LogP contribution in [0.5, 0.6) is 17.2 Å². The SMILES string of the molecule is CCCCCCCCCN1CCc2cc(OC)c(OC)c(OC)c2C1. The monoisotopic (exact) mass is 349 g/mol. The minimum absolute atomic E-state index is 0.710. The van der Waals surface area contributed by atoms with E-state index in [4.69, 9.17) is 14.2 Å². The predicted molar refractivity (Wildman–Crippen MR) is 103 cm³/mol. The van der Waals surface area contributed by atoms with Crippen molar-refractivity contribution in [2.75, 3.05) is 34.4 Å². The van der Waals surface area contributed by atoms with E-state index in [0.717, 1.165) is 31.0 Å². The van der Waals surface area contributed by atoms with Crippen LogP contribution in [-0.2, 0) is 13.0 Å². The molecule has 2 rings (SSSR count). The Kier molecular flexibility index (Phi) is 8.39. The third-order valence-corrected chi connectivity index (χ3v) is 5.18. The van der Waals surface area contributed by atoms with E-state index in [2.05, 4.69) is 17.9 Å². The zero-order valence-electron chi connectivity index (χ0n) is 16.5. The first-order valence-electron chi connectivity index (χ1n) is 9.78. The molecule has 0 aliphatic carbocycles. The van der Waals surface area contributed by atoms with Crippen LogP contribution in [0.15, 0.2) is 6.07 Å². The van der Waals surface area contributed by atoms with Crippen molar-refractivity contribution in [2.45, 2.75) is 64.8 Å². The molecule has 0 atom stereocenters. The molecule has 4 heteroatoms. The Bertz CT molecular complexity index is 530. The first-order chi connectivity index (χ1) is 12.2. The summed E-state index contributed by atoms with van der Waals surface area (Å²) >= 11 is 0. The molecule has 25 heavy (non-hydrogen) atoms. The Morgan fingerprint density at radius 1 is 0.880 bits per heavy atom. The standard InChI is InChI=1S/C21H35NO3/c1-5-6-7-8-9-10-11-13-22-14-12-17-15-19(23-2)21(25-4)20(24-3)18(17)16-22/h15H,5-14,16H2,1-4H3. The third kappa shape index (κ3) is 5.27. The first kappa shape index (κ1) is 19.9. The Hall–Kier alpha value is -1.42. The van der Waals surface area contributed by atoms with Crippen LogP contribution in [0.1, 0.15) is 63.0 Å². The molecule has 0 bridgehead atoms. The molecule has 142 valence electrons. The van der Waals surface area contributed by atoms with E-state index >= 15 is 0 Å². The second-order valence-corrected chi connectivity index (χ2v) is 6.93. The predicted octanol–water partition coefficient (Wildman–Crippen LogP) is 4.82. The highest BCUT2D eigenvalue weighted by atomic mass is 16.5. The topological polar surface area (TPSA) is 30.9 Å². The van der Waals surface area contributed by atoms with Crippen molar-refractivity contribution >= 4 is 0 Å². The summed E-state index contributed by atoms with van der Waals surface area (Å²) < 4.78 is 16.7. The van der Waals surface area contributed by atoms with Gasteiger partial charge in [-0.1, -0.05) is 45.4 Å². The van der Waals surface area contributed by atoms with Gasteiger partial charge in [0.2, 0.25) is 5.75 Å². The lowest BCUT2D eigenvalue weighted by atomic mass is 9.97. The van der Waals surface area contributed by atoms with E-state index in [1.165, 1.54) is 62.6 Å². The summed E-state index contributed by atoms with van der Waals surface area (Å²) in [6.45, 7) is 5.49. The highest BCUT2D eigenvalue weighted by Crippen LogP contribution is 2.43. The molecule has 0 fully saturated rings. The van der Waals surface area contributed by atoms with Crippen molar-refractivity contribution in [3.63, 3.8) is 0 Å². The Balaban J connectivity index is 1.91. The zero-order chi connectivity index (χ0) is 18.1. The number of unbranched alkanes of at least 4 members (excludes halogenated alkanes) is 6. The Morgan fingerprint density at radius 2 is 1.56 bits per heavy atom. The van der Waals surface area contributed by atoms with E-state index in [0.29, 0.717) is 5.75 Å². The molecule has 0 N–H and O–H groups in total. The average Bonchev–Trinajstić information content (AvgIpc) is 2.65. The lowest BCUT2D eigenvalue weighted by Gasteiger charge is -2.31. The fourth-order valence-electron chi connectivity index (χ4n) is 3.73. The van der Waals surface area contributed by atoms with Gasteiger partial charge < -0.3 is 14.2 Å². The van der Waals surface area contributed by atoms with Gasteiger partial charge in [-0.3, -0.25) is 4.90 Å². The molecular formula is C21H35NO3. The van der Waals surface area contributed by atoms with Gasteiger partial charge in [0.05, 0.1) is 21.3 Å². The molecule has 1 aliphatic heterocycles. The number of nitrogens with zero attached hydrogens (tertiary/aromatic N) is 1. The van der Waals surface area contributed by atoms with Crippen LogP contribution in [0.25, 0.3) is 0 Å². The van der Waals surface area contributed by atoms with Crippen molar-refractivity contribution in [1.29, 1.82) is 0 Å². The highest BCUT2D eigenvalue weighted by molar-refractivity contribution is 5.59. The maximum atomic E-state index is 5.67. The van der Waals surface area contributed by atoms with Gasteiger partial charge in [-0.05, 0) is 31.0 Å². The van der Waals surface area contributed by atoms with Gasteiger partial charge in [0, 0.05) is 18.7 Å². The van der Waals surface area contributed by atoms with E-state index in [1.807, 2.05) is 0 Å².